The highest BCUT2D eigenvalue weighted by Crippen LogP contribution is 2.25. The van der Waals surface area contributed by atoms with Gasteiger partial charge in [-0.15, -0.1) is 0 Å². The molecule has 0 heterocycles. The Morgan fingerprint density at radius 2 is 1.94 bits per heavy atom. The number of carboxylic acids is 1. The Morgan fingerprint density at radius 3 is 2.50 bits per heavy atom. The van der Waals surface area contributed by atoms with E-state index in [4.69, 9.17) is 5.11 Å². The molecule has 0 spiro atoms. The molecule has 2 N–H and O–H groups in total. The number of amides is 1. The fraction of sp³-hybridized carbons (Fsp3) is 0.667. The van der Waals surface area contributed by atoms with Gasteiger partial charge >= 0.3 is 5.97 Å². The molecule has 0 saturated carbocycles. The maximum absolute atomic E-state index is 11.9. The molecule has 0 saturated heterocycles. The van der Waals surface area contributed by atoms with Gasteiger partial charge in [0.2, 0.25) is 5.91 Å². The summed E-state index contributed by atoms with van der Waals surface area (Å²) in [5.41, 5.74) is 0. The monoisotopic (exact) mass is 273 g/mol. The molecule has 1 aliphatic rings. The number of nitrogens with one attached hydrogen (secondary N) is 1. The van der Waals surface area contributed by atoms with Crippen LogP contribution >= 0.6 is 0 Å². The lowest BCUT2D eigenvalue weighted by atomic mass is 9.82. The zero-order valence-electron chi connectivity index (χ0n) is 10.4. The predicted molar refractivity (Wildman–Crippen MR) is 69.5 cm³/mol. The zero-order valence-corrected chi connectivity index (χ0v) is 11.2. The van der Waals surface area contributed by atoms with Crippen molar-refractivity contribution in [1.82, 2.24) is 5.32 Å². The summed E-state index contributed by atoms with van der Waals surface area (Å²) in [6.07, 6.45) is 6.81. The van der Waals surface area contributed by atoms with Crippen LogP contribution in [0.3, 0.4) is 0 Å². The Labute approximate surface area is 109 Å². The van der Waals surface area contributed by atoms with E-state index in [1.165, 1.54) is 0 Å². The quantitative estimate of drug-likeness (QED) is 0.546. The second kappa shape index (κ2) is 7.31. The molecule has 1 unspecified atom stereocenters. The number of hydrogen-bond donors (Lipinski definition) is 2. The Hall–Kier alpha value is -1.17. The van der Waals surface area contributed by atoms with Crippen LogP contribution in [-0.2, 0) is 20.4 Å². The molecule has 18 heavy (non-hydrogen) atoms. The fourth-order valence-electron chi connectivity index (χ4n) is 2.00. The molecule has 1 amide bonds. The molecule has 0 bridgehead atoms. The first-order valence-electron chi connectivity index (χ1n) is 5.98. The first-order valence-corrected chi connectivity index (χ1v) is 7.70. The number of carbonyl (C=O) groups is 2. The van der Waals surface area contributed by atoms with Crippen LogP contribution in [0.25, 0.3) is 0 Å². The molecule has 0 aliphatic heterocycles. The van der Waals surface area contributed by atoms with Crippen molar-refractivity contribution >= 4 is 22.7 Å². The van der Waals surface area contributed by atoms with Crippen molar-refractivity contribution in [3.8, 4) is 0 Å². The molecule has 0 aromatic heterocycles. The van der Waals surface area contributed by atoms with Crippen LogP contribution in [0.5, 0.6) is 0 Å². The Kier molecular flexibility index (Phi) is 6.04. The summed E-state index contributed by atoms with van der Waals surface area (Å²) in [4.78, 5) is 22.9. The summed E-state index contributed by atoms with van der Waals surface area (Å²) >= 11 is 0. The Balaban J connectivity index is 2.42. The number of aliphatic carboxylic acids is 1. The van der Waals surface area contributed by atoms with Crippen molar-refractivity contribution in [2.45, 2.75) is 19.3 Å². The summed E-state index contributed by atoms with van der Waals surface area (Å²) < 4.78 is 10.8. The average molecular weight is 273 g/mol. The van der Waals surface area contributed by atoms with E-state index in [-0.39, 0.29) is 5.91 Å². The maximum Gasteiger partial charge on any atom is 0.307 e. The normalized spacial score (nSPS) is 24.5. The third-order valence-corrected chi connectivity index (χ3v) is 3.86. The molecular weight excluding hydrogens is 254 g/mol. The maximum atomic E-state index is 11.9. The van der Waals surface area contributed by atoms with Gasteiger partial charge in [0.25, 0.3) is 0 Å². The summed E-state index contributed by atoms with van der Waals surface area (Å²) in [5, 5.41) is 11.8. The largest absolute Gasteiger partial charge is 0.481 e. The third-order valence-electron chi connectivity index (χ3n) is 2.99. The van der Waals surface area contributed by atoms with Crippen LogP contribution in [0.4, 0.5) is 0 Å². The molecule has 1 aliphatic carbocycles. The van der Waals surface area contributed by atoms with Crippen LogP contribution in [0.2, 0.25) is 0 Å². The minimum Gasteiger partial charge on any atom is -0.481 e. The predicted octanol–water partition coefficient (Wildman–Crippen LogP) is 0.538. The first-order chi connectivity index (χ1) is 8.52. The van der Waals surface area contributed by atoms with Gasteiger partial charge in [-0.2, -0.15) is 0 Å². The van der Waals surface area contributed by atoms with Crippen molar-refractivity contribution in [1.29, 1.82) is 0 Å². The van der Waals surface area contributed by atoms with Crippen molar-refractivity contribution < 1.29 is 18.9 Å². The van der Waals surface area contributed by atoms with Gasteiger partial charge < -0.3 is 10.4 Å². The summed E-state index contributed by atoms with van der Waals surface area (Å²) in [5.74, 6) is -1.70. The second-order valence-corrected chi connectivity index (χ2v) is 5.97. The van der Waals surface area contributed by atoms with Gasteiger partial charge in [0.15, 0.2) is 0 Å². The third kappa shape index (κ3) is 4.60. The average Bonchev–Trinajstić information content (AvgIpc) is 2.34. The molecule has 102 valence electrons. The smallest absolute Gasteiger partial charge is 0.307 e. The number of hydrogen-bond acceptors (Lipinski definition) is 3. The fourth-order valence-corrected chi connectivity index (χ4v) is 2.55. The topological polar surface area (TPSA) is 83.5 Å². The summed E-state index contributed by atoms with van der Waals surface area (Å²) in [7, 11) is -0.856. The highest BCUT2D eigenvalue weighted by Gasteiger charge is 2.33. The molecule has 1 rings (SSSR count). The van der Waals surface area contributed by atoms with E-state index >= 15 is 0 Å². The first kappa shape index (κ1) is 14.9. The van der Waals surface area contributed by atoms with E-state index in [0.717, 1.165) is 0 Å². The van der Waals surface area contributed by atoms with E-state index in [0.29, 0.717) is 31.6 Å². The molecule has 0 radical (unpaired) electrons. The number of carbonyl (C=O) groups excluding carboxylic acids is 1. The zero-order chi connectivity index (χ0) is 13.5. The highest BCUT2D eigenvalue weighted by atomic mass is 32.2. The van der Waals surface area contributed by atoms with E-state index < -0.39 is 28.6 Å². The van der Waals surface area contributed by atoms with Gasteiger partial charge in [0.05, 0.1) is 11.8 Å². The molecule has 3 atom stereocenters. The van der Waals surface area contributed by atoms with Gasteiger partial charge in [0, 0.05) is 29.4 Å². The minimum absolute atomic E-state index is 0.214. The minimum atomic E-state index is -0.922. The van der Waals surface area contributed by atoms with Gasteiger partial charge in [-0.1, -0.05) is 12.2 Å². The lowest BCUT2D eigenvalue weighted by molar-refractivity contribution is -0.147. The van der Waals surface area contributed by atoms with E-state index in [1.807, 2.05) is 12.2 Å². The molecular formula is C12H19NO4S. The van der Waals surface area contributed by atoms with Crippen LogP contribution in [0, 0.1) is 11.8 Å². The van der Waals surface area contributed by atoms with Crippen molar-refractivity contribution in [3.05, 3.63) is 12.2 Å². The molecule has 0 aromatic rings. The van der Waals surface area contributed by atoms with Crippen LogP contribution in [0.1, 0.15) is 19.3 Å². The van der Waals surface area contributed by atoms with Crippen LogP contribution in [-0.4, -0.2) is 39.7 Å². The van der Waals surface area contributed by atoms with Crippen LogP contribution < -0.4 is 5.32 Å². The Bertz CT molecular complexity index is 367. The number of carboxylic acid groups (broad SMARTS) is 1. The SMILES string of the molecule is CS(=O)CCCNC(=O)[C@@H]1CC=CC[C@@H]1C(=O)O. The Morgan fingerprint density at radius 1 is 1.33 bits per heavy atom. The van der Waals surface area contributed by atoms with E-state index in [2.05, 4.69) is 5.32 Å². The van der Waals surface area contributed by atoms with E-state index in [1.54, 1.807) is 6.26 Å². The molecule has 5 nitrogen and oxygen atoms in total. The van der Waals surface area contributed by atoms with Gasteiger partial charge in [-0.25, -0.2) is 0 Å². The number of rotatable bonds is 6. The molecule has 0 fully saturated rings. The summed E-state index contributed by atoms with van der Waals surface area (Å²) in [6, 6.07) is 0. The standard InChI is InChI=1S/C12H19NO4S/c1-18(17)8-4-7-13-11(14)9-5-2-3-6-10(9)12(15)16/h2-3,9-10H,4-8H2,1H3,(H,13,14)(H,15,16)/t9-,10+,18?/m1/s1. The van der Waals surface area contributed by atoms with Gasteiger partial charge in [-0.3, -0.25) is 13.8 Å². The second-order valence-electron chi connectivity index (χ2n) is 4.42. The van der Waals surface area contributed by atoms with Crippen molar-refractivity contribution in [2.75, 3.05) is 18.6 Å². The van der Waals surface area contributed by atoms with Crippen LogP contribution in [0.15, 0.2) is 12.2 Å². The van der Waals surface area contributed by atoms with E-state index in [9.17, 15) is 13.8 Å². The molecule has 6 heteroatoms. The highest BCUT2D eigenvalue weighted by molar-refractivity contribution is 7.84. The summed E-state index contributed by atoms with van der Waals surface area (Å²) in [6.45, 7) is 0.449. The van der Waals surface area contributed by atoms with Crippen molar-refractivity contribution in [3.63, 3.8) is 0 Å². The van der Waals surface area contributed by atoms with Gasteiger partial charge in [0.1, 0.15) is 0 Å². The van der Waals surface area contributed by atoms with Crippen molar-refractivity contribution in [2.24, 2.45) is 11.8 Å². The number of allylic oxidation sites excluding steroid dienone is 2. The molecule has 0 aromatic carbocycles. The van der Waals surface area contributed by atoms with Gasteiger partial charge in [-0.05, 0) is 19.3 Å². The lowest BCUT2D eigenvalue weighted by Gasteiger charge is -2.24. The lowest BCUT2D eigenvalue weighted by Crippen LogP contribution is -2.39.